The second-order valence-electron chi connectivity index (χ2n) is 4.53. The van der Waals surface area contributed by atoms with Crippen molar-refractivity contribution in [3.05, 3.63) is 63.9 Å². The highest BCUT2D eigenvalue weighted by molar-refractivity contribution is 7.17. The third-order valence-corrected chi connectivity index (χ3v) is 4.23. The molecule has 20 heavy (non-hydrogen) atoms. The van der Waals surface area contributed by atoms with E-state index in [1.54, 1.807) is 29.7 Å². The normalized spacial score (nSPS) is 12.8. The molecule has 0 aliphatic heterocycles. The number of aliphatic hydroxyl groups is 1. The fraction of sp³-hybridized carbons (Fsp3) is 0.133. The molecule has 1 N–H and O–H groups in total. The molecule has 2 heterocycles. The van der Waals surface area contributed by atoms with Gasteiger partial charge in [0.25, 0.3) is 0 Å². The predicted octanol–water partition coefficient (Wildman–Crippen LogP) is 4.36. The Labute approximate surface area is 124 Å². The number of pyridine rings is 1. The van der Waals surface area contributed by atoms with Gasteiger partial charge < -0.3 is 5.11 Å². The van der Waals surface area contributed by atoms with Crippen molar-refractivity contribution in [2.24, 2.45) is 0 Å². The van der Waals surface area contributed by atoms with Crippen molar-refractivity contribution in [2.75, 3.05) is 0 Å². The molecule has 0 amide bonds. The lowest BCUT2D eigenvalue weighted by Gasteiger charge is -2.11. The van der Waals surface area contributed by atoms with Crippen LogP contribution in [0, 0.1) is 5.82 Å². The molecule has 1 aromatic carbocycles. The smallest absolute Gasteiger partial charge is 0.127 e. The van der Waals surface area contributed by atoms with Crippen LogP contribution in [0.3, 0.4) is 0 Å². The zero-order valence-corrected chi connectivity index (χ0v) is 12.0. The van der Waals surface area contributed by atoms with Crippen LogP contribution in [0.4, 0.5) is 4.39 Å². The number of fused-ring (bicyclic) bond motifs is 1. The Hall–Kier alpha value is -1.49. The summed E-state index contributed by atoms with van der Waals surface area (Å²) in [6.45, 7) is 0. The van der Waals surface area contributed by atoms with E-state index in [2.05, 4.69) is 4.98 Å². The summed E-state index contributed by atoms with van der Waals surface area (Å²) in [6, 6.07) is 8.29. The molecule has 1 atom stereocenters. The summed E-state index contributed by atoms with van der Waals surface area (Å²) in [5.41, 5.74) is 2.03. The van der Waals surface area contributed by atoms with Gasteiger partial charge in [0, 0.05) is 23.2 Å². The Morgan fingerprint density at radius 2 is 2.15 bits per heavy atom. The Morgan fingerprint density at radius 3 is 2.95 bits per heavy atom. The topological polar surface area (TPSA) is 33.1 Å². The second-order valence-corrected chi connectivity index (χ2v) is 5.91. The van der Waals surface area contributed by atoms with Crippen molar-refractivity contribution >= 4 is 33.2 Å². The number of aliphatic hydroxyl groups excluding tert-OH is 1. The van der Waals surface area contributed by atoms with Crippen molar-refractivity contribution < 1.29 is 9.50 Å². The molecule has 0 saturated heterocycles. The molecule has 3 aromatic rings. The zero-order valence-electron chi connectivity index (χ0n) is 10.4. The summed E-state index contributed by atoms with van der Waals surface area (Å²) in [5, 5.41) is 12.5. The van der Waals surface area contributed by atoms with Crippen molar-refractivity contribution in [2.45, 2.75) is 12.5 Å². The van der Waals surface area contributed by atoms with Crippen LogP contribution in [0.1, 0.15) is 17.2 Å². The van der Waals surface area contributed by atoms with Crippen molar-refractivity contribution in [3.8, 4) is 0 Å². The summed E-state index contributed by atoms with van der Waals surface area (Å²) in [4.78, 5) is 4.28. The van der Waals surface area contributed by atoms with Gasteiger partial charge in [-0.3, -0.25) is 4.98 Å². The highest BCUT2D eigenvalue weighted by atomic mass is 35.5. The van der Waals surface area contributed by atoms with Crippen LogP contribution in [0.25, 0.3) is 10.2 Å². The van der Waals surface area contributed by atoms with Crippen LogP contribution in [0.2, 0.25) is 5.02 Å². The van der Waals surface area contributed by atoms with E-state index in [1.807, 2.05) is 17.5 Å². The Morgan fingerprint density at radius 1 is 1.30 bits per heavy atom. The van der Waals surface area contributed by atoms with E-state index in [9.17, 15) is 9.50 Å². The summed E-state index contributed by atoms with van der Waals surface area (Å²) in [7, 11) is 0. The molecule has 0 radical (unpaired) electrons. The molecule has 2 aromatic heterocycles. The van der Waals surface area contributed by atoms with Gasteiger partial charge >= 0.3 is 0 Å². The van der Waals surface area contributed by atoms with Gasteiger partial charge in [-0.15, -0.1) is 11.3 Å². The van der Waals surface area contributed by atoms with Gasteiger partial charge in [0.2, 0.25) is 0 Å². The van der Waals surface area contributed by atoms with Gasteiger partial charge in [-0.1, -0.05) is 17.7 Å². The highest BCUT2D eigenvalue weighted by Gasteiger charge is 2.13. The zero-order chi connectivity index (χ0) is 14.1. The van der Waals surface area contributed by atoms with Gasteiger partial charge in [-0.25, -0.2) is 4.39 Å². The molecule has 0 saturated carbocycles. The third kappa shape index (κ3) is 2.68. The number of hydrogen-bond donors (Lipinski definition) is 1. The van der Waals surface area contributed by atoms with E-state index in [4.69, 9.17) is 11.6 Å². The van der Waals surface area contributed by atoms with Crippen molar-refractivity contribution in [1.29, 1.82) is 0 Å². The summed E-state index contributed by atoms with van der Waals surface area (Å²) < 4.78 is 14.7. The SMILES string of the molecule is OC(Cc1ccc(Cl)cc1F)c1cnc2ccsc2c1. The fourth-order valence-electron chi connectivity index (χ4n) is 2.06. The molecule has 3 rings (SSSR count). The molecule has 2 nitrogen and oxygen atoms in total. The minimum Gasteiger partial charge on any atom is -0.388 e. The maximum atomic E-state index is 13.7. The van der Waals surface area contributed by atoms with Gasteiger partial charge in [0.1, 0.15) is 5.82 Å². The van der Waals surface area contributed by atoms with Crippen LogP contribution >= 0.6 is 22.9 Å². The molecular weight excluding hydrogens is 297 g/mol. The van der Waals surface area contributed by atoms with E-state index >= 15 is 0 Å². The molecule has 0 bridgehead atoms. The molecule has 102 valence electrons. The number of thiophene rings is 1. The molecule has 0 fully saturated rings. The number of aromatic nitrogens is 1. The third-order valence-electron chi connectivity index (χ3n) is 3.14. The van der Waals surface area contributed by atoms with E-state index in [1.165, 1.54) is 6.07 Å². The average Bonchev–Trinajstić information content (AvgIpc) is 2.89. The lowest BCUT2D eigenvalue weighted by Crippen LogP contribution is -2.04. The maximum Gasteiger partial charge on any atom is 0.127 e. The van der Waals surface area contributed by atoms with Crippen LogP contribution < -0.4 is 0 Å². The van der Waals surface area contributed by atoms with Gasteiger partial charge in [0.05, 0.1) is 16.3 Å². The van der Waals surface area contributed by atoms with Crippen LogP contribution in [0.15, 0.2) is 41.9 Å². The molecule has 0 spiro atoms. The van der Waals surface area contributed by atoms with Crippen LogP contribution in [-0.2, 0) is 6.42 Å². The first-order valence-electron chi connectivity index (χ1n) is 6.08. The molecule has 0 aliphatic carbocycles. The van der Waals surface area contributed by atoms with E-state index in [0.29, 0.717) is 16.1 Å². The highest BCUT2D eigenvalue weighted by Crippen LogP contribution is 2.26. The average molecular weight is 308 g/mol. The number of benzene rings is 1. The number of rotatable bonds is 3. The minimum atomic E-state index is -0.787. The predicted molar refractivity (Wildman–Crippen MR) is 79.7 cm³/mol. The number of nitrogens with zero attached hydrogens (tertiary/aromatic N) is 1. The quantitative estimate of drug-likeness (QED) is 0.779. The largest absolute Gasteiger partial charge is 0.388 e. The Bertz CT molecular complexity index is 758. The summed E-state index contributed by atoms with van der Waals surface area (Å²) in [5.74, 6) is -0.401. The fourth-order valence-corrected chi connectivity index (χ4v) is 3.01. The van der Waals surface area contributed by atoms with E-state index in [-0.39, 0.29) is 6.42 Å². The first-order chi connectivity index (χ1) is 9.63. The van der Waals surface area contributed by atoms with Crippen LogP contribution in [-0.4, -0.2) is 10.1 Å². The van der Waals surface area contributed by atoms with Crippen molar-refractivity contribution in [3.63, 3.8) is 0 Å². The molecule has 1 unspecified atom stereocenters. The summed E-state index contributed by atoms with van der Waals surface area (Å²) in [6.07, 6.45) is 1.04. The van der Waals surface area contributed by atoms with Gasteiger partial charge in [0.15, 0.2) is 0 Å². The maximum absolute atomic E-state index is 13.7. The molecular formula is C15H11ClFNOS. The molecule has 0 aliphatic rings. The lowest BCUT2D eigenvalue weighted by molar-refractivity contribution is 0.177. The first kappa shape index (κ1) is 13.5. The van der Waals surface area contributed by atoms with Gasteiger partial charge in [-0.05, 0) is 35.2 Å². The monoisotopic (exact) mass is 307 g/mol. The first-order valence-corrected chi connectivity index (χ1v) is 7.34. The Balaban J connectivity index is 1.86. The van der Waals surface area contributed by atoms with Crippen LogP contribution in [0.5, 0.6) is 0 Å². The van der Waals surface area contributed by atoms with Crippen molar-refractivity contribution in [1.82, 2.24) is 4.98 Å². The summed E-state index contributed by atoms with van der Waals surface area (Å²) >= 11 is 7.28. The second kappa shape index (κ2) is 5.48. The number of hydrogen-bond acceptors (Lipinski definition) is 3. The number of halogens is 2. The Kier molecular flexibility index (Phi) is 3.70. The van der Waals surface area contributed by atoms with E-state index < -0.39 is 11.9 Å². The lowest BCUT2D eigenvalue weighted by atomic mass is 10.0. The van der Waals surface area contributed by atoms with Gasteiger partial charge in [-0.2, -0.15) is 0 Å². The minimum absolute atomic E-state index is 0.196. The standard InChI is InChI=1S/C15H11ClFNOS/c16-11-2-1-9(12(17)7-11)5-14(19)10-6-15-13(18-8-10)3-4-20-15/h1-4,6-8,14,19H,5H2. The molecule has 5 heteroatoms. The van der Waals surface area contributed by atoms with E-state index in [0.717, 1.165) is 10.2 Å².